The molecule has 21 heavy (non-hydrogen) atoms. The Hall–Kier alpha value is -1.75. The molecule has 0 fully saturated rings. The minimum absolute atomic E-state index is 0.427. The Morgan fingerprint density at radius 1 is 1.00 bits per heavy atom. The first-order valence-electron chi connectivity index (χ1n) is 6.93. The summed E-state index contributed by atoms with van der Waals surface area (Å²) in [7, 11) is 1.54. The molecule has 2 rings (SSSR count). The average Bonchev–Trinajstić information content (AvgIpc) is 2.56. The number of rotatable bonds is 6. The Bertz CT molecular complexity index is 554. The standard InChI is InChI=1S/C17H21FN2O/c1-21-17(16(20)10-18)15-8-6-14(7-9-15)13-4-2-12(11-19)3-5-13/h2-9,16-17H,10-11,19-20H2,1H3/t16-,17-/m1/s1. The van der Waals surface area contributed by atoms with E-state index in [1.54, 1.807) is 7.11 Å². The van der Waals surface area contributed by atoms with Crippen LogP contribution < -0.4 is 11.5 Å². The van der Waals surface area contributed by atoms with Crippen LogP contribution in [-0.2, 0) is 11.3 Å². The highest BCUT2D eigenvalue weighted by atomic mass is 19.1. The molecular formula is C17H21FN2O. The lowest BCUT2D eigenvalue weighted by molar-refractivity contribution is 0.0721. The van der Waals surface area contributed by atoms with Crippen molar-refractivity contribution in [3.63, 3.8) is 0 Å². The number of alkyl halides is 1. The van der Waals surface area contributed by atoms with E-state index in [1.807, 2.05) is 48.5 Å². The summed E-state index contributed by atoms with van der Waals surface area (Å²) in [5.41, 5.74) is 15.5. The zero-order chi connectivity index (χ0) is 15.2. The predicted octanol–water partition coefficient (Wildman–Crippen LogP) is 2.80. The van der Waals surface area contributed by atoms with E-state index >= 15 is 0 Å². The third-order valence-electron chi connectivity index (χ3n) is 3.58. The lowest BCUT2D eigenvalue weighted by Gasteiger charge is -2.20. The van der Waals surface area contributed by atoms with Crippen LogP contribution in [0.15, 0.2) is 48.5 Å². The Balaban J connectivity index is 2.21. The minimum atomic E-state index is -0.648. The van der Waals surface area contributed by atoms with Crippen molar-refractivity contribution in [1.82, 2.24) is 0 Å². The Kier molecular flexibility index (Phi) is 5.44. The third-order valence-corrected chi connectivity index (χ3v) is 3.58. The predicted molar refractivity (Wildman–Crippen MR) is 83.5 cm³/mol. The smallest absolute Gasteiger partial charge is 0.107 e. The molecule has 0 amide bonds. The molecule has 112 valence electrons. The van der Waals surface area contributed by atoms with E-state index in [0.717, 1.165) is 22.3 Å². The topological polar surface area (TPSA) is 61.3 Å². The number of ether oxygens (including phenoxy) is 1. The molecule has 0 saturated heterocycles. The molecule has 0 saturated carbocycles. The largest absolute Gasteiger partial charge is 0.375 e. The van der Waals surface area contributed by atoms with E-state index in [2.05, 4.69) is 0 Å². The highest BCUT2D eigenvalue weighted by molar-refractivity contribution is 5.64. The Labute approximate surface area is 124 Å². The minimum Gasteiger partial charge on any atom is -0.375 e. The molecule has 0 spiro atoms. The first-order chi connectivity index (χ1) is 10.2. The van der Waals surface area contributed by atoms with Crippen molar-refractivity contribution < 1.29 is 9.13 Å². The van der Waals surface area contributed by atoms with Crippen molar-refractivity contribution in [3.8, 4) is 11.1 Å². The molecule has 2 atom stereocenters. The monoisotopic (exact) mass is 288 g/mol. The van der Waals surface area contributed by atoms with Crippen molar-refractivity contribution in [1.29, 1.82) is 0 Å². The normalized spacial score (nSPS) is 13.9. The molecule has 0 heterocycles. The van der Waals surface area contributed by atoms with E-state index in [0.29, 0.717) is 6.54 Å². The van der Waals surface area contributed by atoms with Gasteiger partial charge in [-0.25, -0.2) is 4.39 Å². The van der Waals surface area contributed by atoms with Crippen LogP contribution in [0.2, 0.25) is 0 Å². The average molecular weight is 288 g/mol. The molecule has 0 aromatic heterocycles. The van der Waals surface area contributed by atoms with Crippen molar-refractivity contribution in [3.05, 3.63) is 59.7 Å². The fraction of sp³-hybridized carbons (Fsp3) is 0.294. The van der Waals surface area contributed by atoms with Gasteiger partial charge < -0.3 is 16.2 Å². The number of methoxy groups -OCH3 is 1. The van der Waals surface area contributed by atoms with Crippen LogP contribution in [0.5, 0.6) is 0 Å². The highest BCUT2D eigenvalue weighted by Gasteiger charge is 2.19. The van der Waals surface area contributed by atoms with Gasteiger partial charge in [0.15, 0.2) is 0 Å². The fourth-order valence-corrected chi connectivity index (χ4v) is 2.34. The summed E-state index contributed by atoms with van der Waals surface area (Å²) in [5, 5.41) is 0. The van der Waals surface area contributed by atoms with Gasteiger partial charge in [0.25, 0.3) is 0 Å². The second-order valence-electron chi connectivity index (χ2n) is 5.00. The van der Waals surface area contributed by atoms with Crippen molar-refractivity contribution in [2.75, 3.05) is 13.8 Å². The van der Waals surface area contributed by atoms with Gasteiger partial charge in [0.1, 0.15) is 6.67 Å². The number of hydrogen-bond acceptors (Lipinski definition) is 3. The zero-order valence-electron chi connectivity index (χ0n) is 12.1. The van der Waals surface area contributed by atoms with Crippen LogP contribution in [0.4, 0.5) is 4.39 Å². The van der Waals surface area contributed by atoms with E-state index in [4.69, 9.17) is 16.2 Å². The summed E-state index contributed by atoms with van der Waals surface area (Å²) in [5.74, 6) is 0. The molecule has 4 N–H and O–H groups in total. The fourth-order valence-electron chi connectivity index (χ4n) is 2.34. The van der Waals surface area contributed by atoms with Gasteiger partial charge >= 0.3 is 0 Å². The summed E-state index contributed by atoms with van der Waals surface area (Å²) in [6.07, 6.45) is -0.427. The third kappa shape index (κ3) is 3.67. The van der Waals surface area contributed by atoms with Crippen molar-refractivity contribution >= 4 is 0 Å². The second kappa shape index (κ2) is 7.31. The number of benzene rings is 2. The van der Waals surface area contributed by atoms with Gasteiger partial charge in [-0.2, -0.15) is 0 Å². The molecule has 0 aliphatic rings. The van der Waals surface area contributed by atoms with Crippen LogP contribution >= 0.6 is 0 Å². The van der Waals surface area contributed by atoms with Gasteiger partial charge in [-0.05, 0) is 22.3 Å². The van der Waals surface area contributed by atoms with Gasteiger partial charge in [-0.3, -0.25) is 0 Å². The number of nitrogens with two attached hydrogens (primary N) is 2. The van der Waals surface area contributed by atoms with E-state index < -0.39 is 18.8 Å². The molecule has 2 aromatic carbocycles. The van der Waals surface area contributed by atoms with E-state index in [-0.39, 0.29) is 0 Å². The Morgan fingerprint density at radius 2 is 1.52 bits per heavy atom. The summed E-state index contributed by atoms with van der Waals surface area (Å²) in [6, 6.07) is 15.3. The SMILES string of the molecule is CO[C@H](c1ccc(-c2ccc(CN)cc2)cc1)[C@H](N)CF. The molecule has 0 aliphatic heterocycles. The molecule has 0 aliphatic carbocycles. The number of hydrogen-bond donors (Lipinski definition) is 2. The maximum atomic E-state index is 12.7. The Morgan fingerprint density at radius 3 is 1.95 bits per heavy atom. The van der Waals surface area contributed by atoms with E-state index in [9.17, 15) is 4.39 Å². The maximum absolute atomic E-state index is 12.7. The molecule has 0 radical (unpaired) electrons. The maximum Gasteiger partial charge on any atom is 0.107 e. The molecule has 4 heteroatoms. The van der Waals surface area contributed by atoms with Crippen LogP contribution in [0.3, 0.4) is 0 Å². The van der Waals surface area contributed by atoms with Gasteiger partial charge in [-0.1, -0.05) is 48.5 Å². The molecule has 2 aromatic rings. The summed E-state index contributed by atoms with van der Waals surface area (Å²) < 4.78 is 18.0. The quantitative estimate of drug-likeness (QED) is 0.859. The van der Waals surface area contributed by atoms with Crippen LogP contribution in [0, 0.1) is 0 Å². The van der Waals surface area contributed by atoms with Gasteiger partial charge in [0, 0.05) is 13.7 Å². The van der Waals surface area contributed by atoms with Crippen LogP contribution in [0.25, 0.3) is 11.1 Å². The highest BCUT2D eigenvalue weighted by Crippen LogP contribution is 2.25. The van der Waals surface area contributed by atoms with Gasteiger partial charge in [0.05, 0.1) is 12.1 Å². The zero-order valence-corrected chi connectivity index (χ0v) is 12.1. The molecule has 0 bridgehead atoms. The first kappa shape index (κ1) is 15.6. The van der Waals surface area contributed by atoms with Crippen molar-refractivity contribution in [2.45, 2.75) is 18.7 Å². The summed E-state index contributed by atoms with van der Waals surface area (Å²) >= 11 is 0. The molecule has 0 unspecified atom stereocenters. The van der Waals surface area contributed by atoms with Crippen LogP contribution in [0.1, 0.15) is 17.2 Å². The van der Waals surface area contributed by atoms with Gasteiger partial charge in [-0.15, -0.1) is 0 Å². The summed E-state index contributed by atoms with van der Waals surface area (Å²) in [6.45, 7) is -0.0728. The van der Waals surface area contributed by atoms with Crippen molar-refractivity contribution in [2.24, 2.45) is 11.5 Å². The molecule has 3 nitrogen and oxygen atoms in total. The second-order valence-corrected chi connectivity index (χ2v) is 5.00. The first-order valence-corrected chi connectivity index (χ1v) is 6.93. The lowest BCUT2D eigenvalue weighted by Crippen LogP contribution is -2.31. The summed E-state index contributed by atoms with van der Waals surface area (Å²) in [4.78, 5) is 0. The molecular weight excluding hydrogens is 267 g/mol. The van der Waals surface area contributed by atoms with E-state index in [1.165, 1.54) is 0 Å². The number of halogens is 1. The van der Waals surface area contributed by atoms with Crippen LogP contribution in [-0.4, -0.2) is 19.8 Å². The lowest BCUT2D eigenvalue weighted by atomic mass is 9.98. The van der Waals surface area contributed by atoms with Gasteiger partial charge in [0.2, 0.25) is 0 Å².